The van der Waals surface area contributed by atoms with Crippen molar-refractivity contribution in [3.63, 3.8) is 0 Å². The van der Waals surface area contributed by atoms with Crippen LogP contribution in [0.25, 0.3) is 5.70 Å². The topological polar surface area (TPSA) is 44.1 Å². The van der Waals surface area contributed by atoms with E-state index in [1.807, 2.05) is 30.3 Å². The van der Waals surface area contributed by atoms with Crippen LogP contribution in [0.5, 0.6) is 0 Å². The lowest BCUT2D eigenvalue weighted by atomic mass is 10.2. The maximum absolute atomic E-state index is 11.9. The zero-order chi connectivity index (χ0) is 13.8. The van der Waals surface area contributed by atoms with E-state index in [1.54, 1.807) is 6.92 Å². The van der Waals surface area contributed by atoms with Crippen LogP contribution in [0.15, 0.2) is 43.2 Å². The number of carbonyl (C=O) groups is 1. The molecule has 0 aliphatic heterocycles. The van der Waals surface area contributed by atoms with Gasteiger partial charge in [0.1, 0.15) is 6.33 Å². The quantitative estimate of drug-likeness (QED) is 0.805. The molecule has 2 aromatic rings. The molecular formula is C14H13ClN2O2. The predicted molar refractivity (Wildman–Crippen MR) is 74.1 cm³/mol. The normalized spacial score (nSPS) is 10.2. The molecule has 0 saturated carbocycles. The molecule has 2 rings (SSSR count). The Morgan fingerprint density at radius 1 is 1.42 bits per heavy atom. The van der Waals surface area contributed by atoms with Crippen LogP contribution in [-0.4, -0.2) is 22.1 Å². The first-order chi connectivity index (χ1) is 9.15. The highest BCUT2D eigenvalue weighted by atomic mass is 35.5. The summed E-state index contributed by atoms with van der Waals surface area (Å²) in [5.74, 6) is -0.512. The Morgan fingerprint density at radius 3 is 2.74 bits per heavy atom. The maximum atomic E-state index is 11.9. The summed E-state index contributed by atoms with van der Waals surface area (Å²) in [5, 5.41) is 0.107. The summed E-state index contributed by atoms with van der Waals surface area (Å²) in [4.78, 5) is 15.8. The van der Waals surface area contributed by atoms with E-state index in [1.165, 1.54) is 10.9 Å². The number of imidazole rings is 1. The molecule has 0 aliphatic carbocycles. The van der Waals surface area contributed by atoms with E-state index >= 15 is 0 Å². The van der Waals surface area contributed by atoms with Crippen molar-refractivity contribution in [3.8, 4) is 0 Å². The molecule has 0 amide bonds. The summed E-state index contributed by atoms with van der Waals surface area (Å²) in [6.07, 6.45) is 1.46. The van der Waals surface area contributed by atoms with Gasteiger partial charge in [-0.25, -0.2) is 9.78 Å². The molecule has 5 heteroatoms. The molecule has 1 heterocycles. The van der Waals surface area contributed by atoms with Crippen LogP contribution in [0.1, 0.15) is 23.0 Å². The molecule has 0 unspecified atom stereocenters. The Bertz CT molecular complexity index is 605. The predicted octanol–water partition coefficient (Wildman–Crippen LogP) is 3.23. The number of halogens is 1. The molecular weight excluding hydrogens is 264 g/mol. The van der Waals surface area contributed by atoms with Crippen molar-refractivity contribution >= 4 is 23.3 Å². The molecule has 0 N–H and O–H groups in total. The summed E-state index contributed by atoms with van der Waals surface area (Å²) >= 11 is 5.93. The second kappa shape index (κ2) is 5.71. The minimum atomic E-state index is -0.512. The molecule has 0 aliphatic rings. The first kappa shape index (κ1) is 13.4. The van der Waals surface area contributed by atoms with Crippen molar-refractivity contribution in [2.45, 2.75) is 6.92 Å². The van der Waals surface area contributed by atoms with Gasteiger partial charge in [0.2, 0.25) is 0 Å². The lowest BCUT2D eigenvalue weighted by molar-refractivity contribution is 0.0517. The summed E-state index contributed by atoms with van der Waals surface area (Å²) < 4.78 is 6.51. The van der Waals surface area contributed by atoms with Crippen LogP contribution in [0.2, 0.25) is 5.15 Å². The summed E-state index contributed by atoms with van der Waals surface area (Å²) in [5.41, 5.74) is 1.68. The van der Waals surface area contributed by atoms with Gasteiger partial charge in [0.05, 0.1) is 6.61 Å². The number of aromatic nitrogens is 2. The third-order valence-electron chi connectivity index (χ3n) is 2.59. The highest BCUT2D eigenvalue weighted by Crippen LogP contribution is 2.22. The zero-order valence-electron chi connectivity index (χ0n) is 10.5. The van der Waals surface area contributed by atoms with E-state index in [2.05, 4.69) is 11.6 Å². The number of rotatable bonds is 4. The van der Waals surface area contributed by atoms with E-state index in [0.717, 1.165) is 5.56 Å². The molecule has 0 fully saturated rings. The summed E-state index contributed by atoms with van der Waals surface area (Å²) in [7, 11) is 0. The molecule has 0 saturated heterocycles. The zero-order valence-corrected chi connectivity index (χ0v) is 11.2. The average molecular weight is 277 g/mol. The van der Waals surface area contributed by atoms with Crippen molar-refractivity contribution in [3.05, 3.63) is 59.6 Å². The molecule has 98 valence electrons. The van der Waals surface area contributed by atoms with Gasteiger partial charge in [-0.05, 0) is 12.5 Å². The van der Waals surface area contributed by atoms with Crippen molar-refractivity contribution < 1.29 is 9.53 Å². The van der Waals surface area contributed by atoms with Gasteiger partial charge >= 0.3 is 5.97 Å². The van der Waals surface area contributed by atoms with Crippen LogP contribution >= 0.6 is 11.6 Å². The maximum Gasteiger partial charge on any atom is 0.358 e. The van der Waals surface area contributed by atoms with Crippen LogP contribution in [-0.2, 0) is 4.74 Å². The minimum Gasteiger partial charge on any atom is -0.461 e. The standard InChI is InChI=1S/C14H13ClN2O2/c1-3-19-14(18)12-13(15)16-9-17(12)10(2)11-7-5-4-6-8-11/h4-9H,2-3H2,1H3. The highest BCUT2D eigenvalue weighted by Gasteiger charge is 2.20. The van der Waals surface area contributed by atoms with Crippen molar-refractivity contribution in [2.75, 3.05) is 6.61 Å². The van der Waals surface area contributed by atoms with Gasteiger partial charge in [-0.1, -0.05) is 48.5 Å². The van der Waals surface area contributed by atoms with Gasteiger partial charge in [0, 0.05) is 5.70 Å². The fourth-order valence-electron chi connectivity index (χ4n) is 1.68. The number of hydrogen-bond acceptors (Lipinski definition) is 3. The van der Waals surface area contributed by atoms with Gasteiger partial charge in [-0.2, -0.15) is 0 Å². The third kappa shape index (κ3) is 2.69. The van der Waals surface area contributed by atoms with E-state index in [0.29, 0.717) is 5.70 Å². The Morgan fingerprint density at radius 2 is 2.11 bits per heavy atom. The first-order valence-corrected chi connectivity index (χ1v) is 6.17. The Labute approximate surface area is 116 Å². The molecule has 19 heavy (non-hydrogen) atoms. The number of hydrogen-bond donors (Lipinski definition) is 0. The fourth-order valence-corrected chi connectivity index (χ4v) is 1.89. The molecule has 1 aromatic heterocycles. The number of nitrogens with zero attached hydrogens (tertiary/aromatic N) is 2. The van der Waals surface area contributed by atoms with E-state index in [9.17, 15) is 4.79 Å². The molecule has 4 nitrogen and oxygen atoms in total. The third-order valence-corrected chi connectivity index (χ3v) is 2.87. The van der Waals surface area contributed by atoms with Crippen molar-refractivity contribution in [1.82, 2.24) is 9.55 Å². The monoisotopic (exact) mass is 276 g/mol. The van der Waals surface area contributed by atoms with E-state index < -0.39 is 5.97 Å². The second-order valence-electron chi connectivity index (χ2n) is 3.79. The SMILES string of the molecule is C=C(c1ccccc1)n1cnc(Cl)c1C(=O)OCC. The number of carbonyl (C=O) groups excluding carboxylic acids is 1. The Hall–Kier alpha value is -2.07. The van der Waals surface area contributed by atoms with E-state index in [-0.39, 0.29) is 17.5 Å². The largest absolute Gasteiger partial charge is 0.461 e. The molecule has 0 radical (unpaired) electrons. The summed E-state index contributed by atoms with van der Waals surface area (Å²) in [6, 6.07) is 9.48. The van der Waals surface area contributed by atoms with Crippen molar-refractivity contribution in [2.24, 2.45) is 0 Å². The number of benzene rings is 1. The van der Waals surface area contributed by atoms with E-state index in [4.69, 9.17) is 16.3 Å². The van der Waals surface area contributed by atoms with Crippen LogP contribution < -0.4 is 0 Å². The smallest absolute Gasteiger partial charge is 0.358 e. The number of esters is 1. The van der Waals surface area contributed by atoms with Gasteiger partial charge in [-0.3, -0.25) is 4.57 Å². The van der Waals surface area contributed by atoms with Gasteiger partial charge < -0.3 is 4.74 Å². The lowest BCUT2D eigenvalue weighted by Gasteiger charge is -2.10. The minimum absolute atomic E-state index is 0.107. The summed E-state index contributed by atoms with van der Waals surface area (Å²) in [6.45, 7) is 5.98. The van der Waals surface area contributed by atoms with Crippen molar-refractivity contribution in [1.29, 1.82) is 0 Å². The van der Waals surface area contributed by atoms with Crippen LogP contribution in [0.3, 0.4) is 0 Å². The molecule has 0 spiro atoms. The van der Waals surface area contributed by atoms with Gasteiger partial charge in [0.25, 0.3) is 0 Å². The highest BCUT2D eigenvalue weighted by molar-refractivity contribution is 6.32. The molecule has 0 bridgehead atoms. The second-order valence-corrected chi connectivity index (χ2v) is 4.15. The fraction of sp³-hybridized carbons (Fsp3) is 0.143. The average Bonchev–Trinajstić information content (AvgIpc) is 2.81. The Kier molecular flexibility index (Phi) is 4.02. The molecule has 0 atom stereocenters. The van der Waals surface area contributed by atoms with Crippen LogP contribution in [0.4, 0.5) is 0 Å². The van der Waals surface area contributed by atoms with Gasteiger partial charge in [-0.15, -0.1) is 0 Å². The lowest BCUT2D eigenvalue weighted by Crippen LogP contribution is -2.12. The number of ether oxygens (including phenoxy) is 1. The molecule has 1 aromatic carbocycles. The Balaban J connectivity index is 2.41. The first-order valence-electron chi connectivity index (χ1n) is 5.79. The van der Waals surface area contributed by atoms with Gasteiger partial charge in [0.15, 0.2) is 10.8 Å². The van der Waals surface area contributed by atoms with Crippen LogP contribution in [0, 0.1) is 0 Å².